The van der Waals surface area contributed by atoms with E-state index >= 15 is 0 Å². The molecule has 1 aromatic heterocycles. The van der Waals surface area contributed by atoms with Crippen molar-refractivity contribution in [3.05, 3.63) is 46.6 Å². The molecule has 0 saturated carbocycles. The Balaban J connectivity index is 2.51. The molecule has 0 aliphatic heterocycles. The quantitative estimate of drug-likeness (QED) is 0.800. The normalized spacial score (nSPS) is 10.2. The van der Waals surface area contributed by atoms with Gasteiger partial charge in [0.15, 0.2) is 0 Å². The van der Waals surface area contributed by atoms with Gasteiger partial charge in [-0.3, -0.25) is 0 Å². The van der Waals surface area contributed by atoms with Crippen LogP contribution in [0.4, 0.5) is 4.39 Å². The van der Waals surface area contributed by atoms with Gasteiger partial charge in [0, 0.05) is 16.2 Å². The second kappa shape index (κ2) is 5.22. The number of carbonyl (C=O) groups excluding carboxylic acids is 1. The molecule has 92 valence electrons. The molecule has 6 heteroatoms. The first-order valence-electron chi connectivity index (χ1n) is 4.98. The highest BCUT2D eigenvalue weighted by Crippen LogP contribution is 2.24. The van der Waals surface area contributed by atoms with Crippen molar-refractivity contribution in [1.82, 2.24) is 9.97 Å². The molecule has 0 fully saturated rings. The molecule has 0 aliphatic rings. The number of esters is 1. The Bertz CT molecular complexity index is 604. The molecule has 0 saturated heterocycles. The third-order valence-corrected chi connectivity index (χ3v) is 2.72. The summed E-state index contributed by atoms with van der Waals surface area (Å²) in [6.45, 7) is 0. The van der Waals surface area contributed by atoms with Gasteiger partial charge < -0.3 is 4.74 Å². The van der Waals surface area contributed by atoms with Crippen molar-refractivity contribution in [3.63, 3.8) is 0 Å². The standard InChI is InChI=1S/C12H8BrFN2O2/c1-18-12(17)11-15-5-4-10(16-11)8-6-7(13)2-3-9(8)14/h2-6H,1H3. The van der Waals surface area contributed by atoms with Crippen LogP contribution >= 0.6 is 15.9 Å². The number of halogens is 2. The Labute approximate surface area is 111 Å². The Morgan fingerprint density at radius 2 is 2.17 bits per heavy atom. The largest absolute Gasteiger partial charge is 0.463 e. The lowest BCUT2D eigenvalue weighted by Crippen LogP contribution is -2.07. The molecule has 4 nitrogen and oxygen atoms in total. The molecule has 2 aromatic rings. The molecule has 0 spiro atoms. The van der Waals surface area contributed by atoms with Crippen LogP contribution in [0.15, 0.2) is 34.9 Å². The average molecular weight is 311 g/mol. The lowest BCUT2D eigenvalue weighted by atomic mass is 10.1. The number of hydrogen-bond donors (Lipinski definition) is 0. The van der Waals surface area contributed by atoms with E-state index in [0.717, 1.165) is 4.47 Å². The highest BCUT2D eigenvalue weighted by atomic mass is 79.9. The summed E-state index contributed by atoms with van der Waals surface area (Å²) < 4.78 is 18.9. The number of hydrogen-bond acceptors (Lipinski definition) is 4. The molecular formula is C12H8BrFN2O2. The summed E-state index contributed by atoms with van der Waals surface area (Å²) in [6, 6.07) is 6.01. The summed E-state index contributed by atoms with van der Waals surface area (Å²) in [5.41, 5.74) is 0.612. The molecule has 1 heterocycles. The van der Waals surface area contributed by atoms with Gasteiger partial charge in [-0.15, -0.1) is 0 Å². The zero-order valence-corrected chi connectivity index (χ0v) is 10.9. The molecule has 0 bridgehead atoms. The maximum absolute atomic E-state index is 13.7. The lowest BCUT2D eigenvalue weighted by Gasteiger charge is -2.04. The topological polar surface area (TPSA) is 52.1 Å². The molecule has 1 aromatic carbocycles. The van der Waals surface area contributed by atoms with Crippen molar-refractivity contribution in [2.24, 2.45) is 0 Å². The van der Waals surface area contributed by atoms with Gasteiger partial charge in [-0.05, 0) is 24.3 Å². The second-order valence-corrected chi connectivity index (χ2v) is 4.30. The van der Waals surface area contributed by atoms with Gasteiger partial charge in [0.1, 0.15) is 5.82 Å². The zero-order valence-electron chi connectivity index (χ0n) is 9.35. The van der Waals surface area contributed by atoms with E-state index in [1.54, 1.807) is 12.1 Å². The van der Waals surface area contributed by atoms with Crippen molar-refractivity contribution >= 4 is 21.9 Å². The molecular weight excluding hydrogens is 303 g/mol. The van der Waals surface area contributed by atoms with Gasteiger partial charge in [-0.1, -0.05) is 15.9 Å². The molecule has 2 rings (SSSR count). The molecule has 0 amide bonds. The van der Waals surface area contributed by atoms with Crippen molar-refractivity contribution in [1.29, 1.82) is 0 Å². The zero-order chi connectivity index (χ0) is 13.1. The number of nitrogens with zero attached hydrogens (tertiary/aromatic N) is 2. The average Bonchev–Trinajstić information content (AvgIpc) is 2.40. The van der Waals surface area contributed by atoms with E-state index in [9.17, 15) is 9.18 Å². The van der Waals surface area contributed by atoms with E-state index in [4.69, 9.17) is 0 Å². The number of ether oxygens (including phenoxy) is 1. The van der Waals surface area contributed by atoms with Crippen LogP contribution in [0.5, 0.6) is 0 Å². The minimum atomic E-state index is -0.660. The fraction of sp³-hybridized carbons (Fsp3) is 0.0833. The number of carbonyl (C=O) groups is 1. The van der Waals surface area contributed by atoms with Crippen LogP contribution in [-0.2, 0) is 4.74 Å². The van der Waals surface area contributed by atoms with Crippen LogP contribution in [0.1, 0.15) is 10.6 Å². The third kappa shape index (κ3) is 2.53. The van der Waals surface area contributed by atoms with Crippen LogP contribution in [0.3, 0.4) is 0 Å². The second-order valence-electron chi connectivity index (χ2n) is 3.38. The summed E-state index contributed by atoms with van der Waals surface area (Å²) in [5.74, 6) is -1.19. The molecule has 0 unspecified atom stereocenters. The predicted molar refractivity (Wildman–Crippen MR) is 66.5 cm³/mol. The van der Waals surface area contributed by atoms with Crippen LogP contribution in [0.2, 0.25) is 0 Å². The van der Waals surface area contributed by atoms with E-state index < -0.39 is 11.8 Å². The Morgan fingerprint density at radius 1 is 1.39 bits per heavy atom. The van der Waals surface area contributed by atoms with Crippen molar-refractivity contribution in [2.45, 2.75) is 0 Å². The number of aromatic nitrogens is 2. The fourth-order valence-electron chi connectivity index (χ4n) is 1.39. The van der Waals surface area contributed by atoms with Gasteiger partial charge in [0.2, 0.25) is 5.82 Å². The van der Waals surface area contributed by atoms with Crippen molar-refractivity contribution in [3.8, 4) is 11.3 Å². The summed E-state index contributed by atoms with van der Waals surface area (Å²) in [6.07, 6.45) is 1.38. The van der Waals surface area contributed by atoms with Gasteiger partial charge >= 0.3 is 5.97 Å². The monoisotopic (exact) mass is 310 g/mol. The SMILES string of the molecule is COC(=O)c1nccc(-c2cc(Br)ccc2F)n1. The summed E-state index contributed by atoms with van der Waals surface area (Å²) in [5, 5.41) is 0. The first-order chi connectivity index (χ1) is 8.61. The van der Waals surface area contributed by atoms with Crippen LogP contribution in [-0.4, -0.2) is 23.0 Å². The Hall–Kier alpha value is -1.82. The van der Waals surface area contributed by atoms with Crippen LogP contribution in [0, 0.1) is 5.82 Å². The van der Waals surface area contributed by atoms with Crippen molar-refractivity contribution < 1.29 is 13.9 Å². The first-order valence-corrected chi connectivity index (χ1v) is 5.78. The van der Waals surface area contributed by atoms with E-state index in [1.165, 1.54) is 25.4 Å². The molecule has 0 atom stereocenters. The van der Waals surface area contributed by atoms with E-state index in [0.29, 0.717) is 5.69 Å². The minimum Gasteiger partial charge on any atom is -0.463 e. The van der Waals surface area contributed by atoms with Crippen LogP contribution < -0.4 is 0 Å². The van der Waals surface area contributed by atoms with Gasteiger partial charge in [0.25, 0.3) is 0 Å². The van der Waals surface area contributed by atoms with Crippen LogP contribution in [0.25, 0.3) is 11.3 Å². The predicted octanol–water partition coefficient (Wildman–Crippen LogP) is 2.83. The fourth-order valence-corrected chi connectivity index (χ4v) is 1.75. The molecule has 0 aliphatic carbocycles. The maximum Gasteiger partial charge on any atom is 0.376 e. The molecule has 18 heavy (non-hydrogen) atoms. The minimum absolute atomic E-state index is 0.102. The highest BCUT2D eigenvalue weighted by Gasteiger charge is 2.13. The highest BCUT2D eigenvalue weighted by molar-refractivity contribution is 9.10. The summed E-state index contributed by atoms with van der Waals surface area (Å²) in [7, 11) is 1.23. The third-order valence-electron chi connectivity index (χ3n) is 2.23. The smallest absolute Gasteiger partial charge is 0.376 e. The van der Waals surface area contributed by atoms with E-state index in [-0.39, 0.29) is 11.4 Å². The van der Waals surface area contributed by atoms with E-state index in [2.05, 4.69) is 30.6 Å². The first kappa shape index (κ1) is 12.6. The Kier molecular flexibility index (Phi) is 3.66. The number of benzene rings is 1. The molecule has 0 radical (unpaired) electrons. The maximum atomic E-state index is 13.7. The summed E-state index contributed by atoms with van der Waals surface area (Å²) >= 11 is 3.25. The van der Waals surface area contributed by atoms with E-state index in [1.807, 2.05) is 0 Å². The van der Waals surface area contributed by atoms with Gasteiger partial charge in [0.05, 0.1) is 12.8 Å². The van der Waals surface area contributed by atoms with Gasteiger partial charge in [-0.2, -0.15) is 0 Å². The van der Waals surface area contributed by atoms with Crippen molar-refractivity contribution in [2.75, 3.05) is 7.11 Å². The number of rotatable bonds is 2. The molecule has 0 N–H and O–H groups in total. The van der Waals surface area contributed by atoms with Gasteiger partial charge in [-0.25, -0.2) is 19.2 Å². The lowest BCUT2D eigenvalue weighted by molar-refractivity contribution is 0.0587. The Morgan fingerprint density at radius 3 is 2.89 bits per heavy atom. The summed E-state index contributed by atoms with van der Waals surface area (Å²) in [4.78, 5) is 19.0. The number of methoxy groups -OCH3 is 1.